The number of aliphatic hydroxyl groups is 1. The molecule has 3 aliphatic rings. The molecule has 10 heteroatoms. The fourth-order valence-corrected chi connectivity index (χ4v) is 10.2. The summed E-state index contributed by atoms with van der Waals surface area (Å²) in [6.45, 7) is 14.0. The van der Waals surface area contributed by atoms with Crippen LogP contribution in [0.5, 0.6) is 0 Å². The Morgan fingerprint density at radius 2 is 1.74 bits per heavy atom. The highest BCUT2D eigenvalue weighted by atomic mass is 79.9. The van der Waals surface area contributed by atoms with Gasteiger partial charge >= 0.3 is 0 Å². The van der Waals surface area contributed by atoms with Crippen molar-refractivity contribution in [1.29, 1.82) is 0 Å². The van der Waals surface area contributed by atoms with Gasteiger partial charge in [-0.25, -0.2) is 0 Å². The summed E-state index contributed by atoms with van der Waals surface area (Å²) in [5.74, 6) is -1.72. The number of rotatable bonds is 12. The number of hydrogen-bond donors (Lipinski definition) is 1. The maximum absolute atomic E-state index is 14.5. The molecule has 3 unspecified atom stereocenters. The van der Waals surface area contributed by atoms with E-state index in [1.807, 2.05) is 24.3 Å². The zero-order valence-corrected chi connectivity index (χ0v) is 25.4. The van der Waals surface area contributed by atoms with Gasteiger partial charge in [-0.15, -0.1) is 24.9 Å². The lowest BCUT2D eigenvalue weighted by atomic mass is 9.70. The number of hydrogen-bond acceptors (Lipinski definition) is 6. The second kappa shape index (κ2) is 12.1. The average molecular weight is 620 g/mol. The highest BCUT2D eigenvalue weighted by Gasteiger charge is 2.76. The van der Waals surface area contributed by atoms with Crippen LogP contribution in [-0.2, 0) is 14.4 Å². The Morgan fingerprint density at radius 3 is 2.31 bits per heavy atom. The number of nitrogens with zero attached hydrogens (tertiary/aromatic N) is 4. The SMILES string of the molecule is C=CCN(C)C(=O)[C@H]1[C@@H]2SC3(CC2Br)C(C(=O)N(CC=C)c2ccc(N(CC)CC)cc2)N(CCO)C(=O)[C@H]13. The third kappa shape index (κ3) is 4.93. The molecule has 3 saturated heterocycles. The molecule has 0 radical (unpaired) electrons. The van der Waals surface area contributed by atoms with Crippen LogP contribution in [0, 0.1) is 11.8 Å². The summed E-state index contributed by atoms with van der Waals surface area (Å²) in [5, 5.41) is 9.79. The summed E-state index contributed by atoms with van der Waals surface area (Å²) in [7, 11) is 1.72. The number of amides is 3. The maximum atomic E-state index is 14.5. The number of alkyl halides is 1. The minimum Gasteiger partial charge on any atom is -0.395 e. The Balaban J connectivity index is 1.74. The lowest BCUT2D eigenvalue weighted by Crippen LogP contribution is -2.56. The third-order valence-corrected chi connectivity index (χ3v) is 11.5. The van der Waals surface area contributed by atoms with E-state index in [0.29, 0.717) is 13.0 Å². The Kier molecular flexibility index (Phi) is 9.18. The van der Waals surface area contributed by atoms with Gasteiger partial charge in [-0.1, -0.05) is 28.1 Å². The minimum absolute atomic E-state index is 0.0109. The van der Waals surface area contributed by atoms with Crippen molar-refractivity contribution in [2.75, 3.05) is 56.2 Å². The highest BCUT2D eigenvalue weighted by molar-refractivity contribution is 9.09. The standard InChI is InChI=1S/C29H39BrN4O4S/c1-6-14-31(5)26(36)22-23-27(37)34(16-17-35)25(29(23)18-21(30)24(22)39-29)28(38)33(15-7-2)20-12-10-19(11-13-20)32(8-3)9-4/h6-7,10-13,21-25,35H,1-2,8-9,14-18H2,3-5H3/t21?,22-,23+,24-,25?,29?/m1/s1. The molecule has 0 aromatic heterocycles. The van der Waals surface area contributed by atoms with Gasteiger partial charge in [0.05, 0.1) is 23.2 Å². The predicted molar refractivity (Wildman–Crippen MR) is 161 cm³/mol. The number of halogens is 1. The number of likely N-dealkylation sites (tertiary alicyclic amines) is 1. The normalized spacial score (nSPS) is 28.8. The highest BCUT2D eigenvalue weighted by Crippen LogP contribution is 2.68. The molecule has 3 fully saturated rings. The first kappa shape index (κ1) is 29.7. The molecule has 212 valence electrons. The summed E-state index contributed by atoms with van der Waals surface area (Å²) in [6.07, 6.45) is 3.94. The van der Waals surface area contributed by atoms with Crippen LogP contribution in [0.2, 0.25) is 0 Å². The van der Waals surface area contributed by atoms with E-state index >= 15 is 0 Å². The van der Waals surface area contributed by atoms with E-state index in [2.05, 4.69) is 47.8 Å². The van der Waals surface area contributed by atoms with Gasteiger partial charge < -0.3 is 24.7 Å². The van der Waals surface area contributed by atoms with Crippen molar-refractivity contribution in [3.63, 3.8) is 0 Å². The van der Waals surface area contributed by atoms with E-state index in [1.54, 1.807) is 40.8 Å². The number of likely N-dealkylation sites (N-methyl/N-ethyl adjacent to an activating group) is 1. The number of thioether (sulfide) groups is 1. The molecule has 1 aromatic rings. The number of fused-ring (bicyclic) bond motifs is 1. The van der Waals surface area contributed by atoms with Gasteiger partial charge in [-0.2, -0.15) is 0 Å². The van der Waals surface area contributed by atoms with Crippen LogP contribution in [0.1, 0.15) is 20.3 Å². The average Bonchev–Trinajstić information content (AvgIpc) is 3.51. The number of anilines is 2. The molecule has 1 N–H and O–H groups in total. The van der Waals surface area contributed by atoms with Crippen LogP contribution < -0.4 is 9.80 Å². The molecule has 0 saturated carbocycles. The van der Waals surface area contributed by atoms with Crippen LogP contribution >= 0.6 is 27.7 Å². The number of aliphatic hydroxyl groups excluding tert-OH is 1. The Labute approximate surface area is 244 Å². The molecular weight excluding hydrogens is 580 g/mol. The maximum Gasteiger partial charge on any atom is 0.251 e. The summed E-state index contributed by atoms with van der Waals surface area (Å²) in [6, 6.07) is 7.07. The number of β-amino-alcohol motifs (C(OH)–C–C–N with tert-alkyl or cyclic N) is 1. The molecule has 0 aliphatic carbocycles. The van der Waals surface area contributed by atoms with Crippen LogP contribution in [0.25, 0.3) is 0 Å². The summed E-state index contributed by atoms with van der Waals surface area (Å²) >= 11 is 5.39. The second-order valence-electron chi connectivity index (χ2n) is 10.4. The molecule has 6 atom stereocenters. The minimum atomic E-state index is -0.804. The fraction of sp³-hybridized carbons (Fsp3) is 0.552. The van der Waals surface area contributed by atoms with Crippen molar-refractivity contribution in [3.05, 3.63) is 49.6 Å². The second-order valence-corrected chi connectivity index (χ2v) is 13.1. The molecule has 8 nitrogen and oxygen atoms in total. The van der Waals surface area contributed by atoms with Gasteiger partial charge in [0.25, 0.3) is 5.91 Å². The molecule has 3 heterocycles. The topological polar surface area (TPSA) is 84.4 Å². The van der Waals surface area contributed by atoms with Crippen LogP contribution in [0.3, 0.4) is 0 Å². The quantitative estimate of drug-likeness (QED) is 0.286. The molecular formula is C29H39BrN4O4S. The Morgan fingerprint density at radius 1 is 1.13 bits per heavy atom. The molecule has 3 amide bonds. The van der Waals surface area contributed by atoms with E-state index in [9.17, 15) is 19.5 Å². The number of benzene rings is 1. The first-order valence-electron chi connectivity index (χ1n) is 13.6. The first-order valence-corrected chi connectivity index (χ1v) is 15.4. The number of carbonyl (C=O) groups excluding carboxylic acids is 3. The lowest BCUT2D eigenvalue weighted by Gasteiger charge is -2.38. The zero-order chi connectivity index (χ0) is 28.5. The largest absolute Gasteiger partial charge is 0.395 e. The van der Waals surface area contributed by atoms with Crippen molar-refractivity contribution < 1.29 is 19.5 Å². The smallest absolute Gasteiger partial charge is 0.251 e. The number of carbonyl (C=O) groups is 3. The van der Waals surface area contributed by atoms with Gasteiger partial charge in [0.15, 0.2) is 0 Å². The Hall–Kier alpha value is -2.30. The van der Waals surface area contributed by atoms with Crippen molar-refractivity contribution >= 4 is 56.8 Å². The third-order valence-electron chi connectivity index (χ3n) is 8.30. The summed E-state index contributed by atoms with van der Waals surface area (Å²) in [5.41, 5.74) is 1.79. The van der Waals surface area contributed by atoms with Crippen LogP contribution in [0.15, 0.2) is 49.6 Å². The lowest BCUT2D eigenvalue weighted by molar-refractivity contribution is -0.143. The van der Waals surface area contributed by atoms with Crippen molar-refractivity contribution in [1.82, 2.24) is 9.80 Å². The van der Waals surface area contributed by atoms with Crippen molar-refractivity contribution in [2.24, 2.45) is 11.8 Å². The molecule has 1 aromatic carbocycles. The molecule has 39 heavy (non-hydrogen) atoms. The van der Waals surface area contributed by atoms with Crippen molar-refractivity contribution in [3.8, 4) is 0 Å². The van der Waals surface area contributed by atoms with Crippen LogP contribution in [-0.4, -0.2) is 99.9 Å². The molecule has 2 bridgehead atoms. The van der Waals surface area contributed by atoms with Crippen molar-refractivity contribution in [2.45, 2.75) is 41.1 Å². The summed E-state index contributed by atoms with van der Waals surface area (Å²) in [4.78, 5) is 49.1. The zero-order valence-electron chi connectivity index (χ0n) is 23.0. The summed E-state index contributed by atoms with van der Waals surface area (Å²) < 4.78 is -0.766. The molecule has 3 aliphatic heterocycles. The van der Waals surface area contributed by atoms with Crippen LogP contribution in [0.4, 0.5) is 11.4 Å². The fourth-order valence-electron chi connectivity index (χ4n) is 6.61. The first-order chi connectivity index (χ1) is 18.7. The van der Waals surface area contributed by atoms with E-state index < -0.39 is 22.6 Å². The predicted octanol–water partition coefficient (Wildman–Crippen LogP) is 3.15. The van der Waals surface area contributed by atoms with Gasteiger partial charge in [0, 0.05) is 61.2 Å². The van der Waals surface area contributed by atoms with Gasteiger partial charge in [0.1, 0.15) is 6.04 Å². The molecule has 1 spiro atoms. The Bertz CT molecular complexity index is 1110. The van der Waals surface area contributed by atoms with E-state index in [1.165, 1.54) is 4.90 Å². The van der Waals surface area contributed by atoms with E-state index in [4.69, 9.17) is 0 Å². The van der Waals surface area contributed by atoms with E-state index in [0.717, 1.165) is 24.5 Å². The monoisotopic (exact) mass is 618 g/mol. The van der Waals surface area contributed by atoms with Gasteiger partial charge in [-0.3, -0.25) is 14.4 Å². The molecule has 4 rings (SSSR count). The van der Waals surface area contributed by atoms with Gasteiger partial charge in [0.2, 0.25) is 11.8 Å². The van der Waals surface area contributed by atoms with Gasteiger partial charge in [-0.05, 0) is 44.5 Å². The van der Waals surface area contributed by atoms with E-state index in [-0.39, 0.29) is 47.5 Å².